The second kappa shape index (κ2) is 12.7. The standard InChI is InChI=1S/C22H31FN4O2S.HI/c1-3-24-21(26-16-22(2,28)18-8-13-30-15-18)25-14-20(27-9-11-29-12-10-27)17-4-6-19(23)7-5-17;/h4-8,13,15,20,28H,3,9-12,14,16H2,1-2H3,(H2,24,25,26);1H. The highest BCUT2D eigenvalue weighted by Crippen LogP contribution is 2.24. The van der Waals surface area contributed by atoms with Crippen LogP contribution in [-0.2, 0) is 10.3 Å². The van der Waals surface area contributed by atoms with Crippen LogP contribution in [0.15, 0.2) is 46.1 Å². The zero-order valence-electron chi connectivity index (χ0n) is 18.0. The van der Waals surface area contributed by atoms with Crippen LogP contribution >= 0.6 is 35.3 Å². The average Bonchev–Trinajstić information content (AvgIpc) is 3.30. The summed E-state index contributed by atoms with van der Waals surface area (Å²) >= 11 is 1.56. The third kappa shape index (κ3) is 7.67. The summed E-state index contributed by atoms with van der Waals surface area (Å²) in [5, 5.41) is 21.3. The number of aliphatic hydroxyl groups is 1. The first-order valence-electron chi connectivity index (χ1n) is 10.3. The monoisotopic (exact) mass is 562 g/mol. The topological polar surface area (TPSA) is 69.1 Å². The number of benzene rings is 1. The average molecular weight is 562 g/mol. The molecule has 1 fully saturated rings. The number of hydrogen-bond donors (Lipinski definition) is 3. The number of rotatable bonds is 8. The van der Waals surface area contributed by atoms with Gasteiger partial charge in [-0.15, -0.1) is 24.0 Å². The van der Waals surface area contributed by atoms with Crippen LogP contribution in [0.5, 0.6) is 0 Å². The van der Waals surface area contributed by atoms with Crippen LogP contribution < -0.4 is 10.6 Å². The molecule has 31 heavy (non-hydrogen) atoms. The fraction of sp³-hybridized carbons (Fsp3) is 0.500. The molecule has 6 nitrogen and oxygen atoms in total. The largest absolute Gasteiger partial charge is 0.383 e. The Bertz CT molecular complexity index is 796. The van der Waals surface area contributed by atoms with E-state index < -0.39 is 5.60 Å². The molecule has 3 rings (SSSR count). The van der Waals surface area contributed by atoms with Gasteiger partial charge in [0, 0.05) is 26.2 Å². The summed E-state index contributed by atoms with van der Waals surface area (Å²) in [7, 11) is 0. The highest BCUT2D eigenvalue weighted by atomic mass is 127. The molecule has 0 spiro atoms. The lowest BCUT2D eigenvalue weighted by molar-refractivity contribution is 0.0169. The zero-order valence-corrected chi connectivity index (χ0v) is 21.2. The molecule has 0 saturated carbocycles. The van der Waals surface area contributed by atoms with Crippen LogP contribution in [0.4, 0.5) is 4.39 Å². The Hall–Kier alpha value is -1.27. The molecule has 1 aliphatic rings. The molecule has 0 radical (unpaired) electrons. The Morgan fingerprint density at radius 1 is 1.26 bits per heavy atom. The fourth-order valence-electron chi connectivity index (χ4n) is 3.46. The Morgan fingerprint density at radius 2 is 1.97 bits per heavy atom. The molecule has 2 atom stereocenters. The lowest BCUT2D eigenvalue weighted by Crippen LogP contribution is -2.46. The van der Waals surface area contributed by atoms with E-state index in [1.54, 1.807) is 18.3 Å². The predicted octanol–water partition coefficient (Wildman–Crippen LogP) is 3.34. The van der Waals surface area contributed by atoms with Gasteiger partial charge in [0.2, 0.25) is 0 Å². The van der Waals surface area contributed by atoms with Crippen LogP contribution in [0.1, 0.15) is 31.0 Å². The number of nitrogens with zero attached hydrogens (tertiary/aromatic N) is 2. The van der Waals surface area contributed by atoms with Gasteiger partial charge in [0.15, 0.2) is 5.96 Å². The second-order valence-electron chi connectivity index (χ2n) is 7.58. The van der Waals surface area contributed by atoms with E-state index in [1.165, 1.54) is 12.1 Å². The summed E-state index contributed by atoms with van der Waals surface area (Å²) in [6.07, 6.45) is 0. The number of morpholine rings is 1. The van der Waals surface area contributed by atoms with E-state index in [9.17, 15) is 9.50 Å². The van der Waals surface area contributed by atoms with E-state index in [0.717, 1.165) is 24.2 Å². The van der Waals surface area contributed by atoms with Gasteiger partial charge >= 0.3 is 0 Å². The van der Waals surface area contributed by atoms with E-state index in [4.69, 9.17) is 4.74 Å². The van der Waals surface area contributed by atoms with Crippen molar-refractivity contribution in [2.45, 2.75) is 25.5 Å². The minimum Gasteiger partial charge on any atom is -0.383 e. The first-order chi connectivity index (χ1) is 14.5. The minimum absolute atomic E-state index is 0. The lowest BCUT2D eigenvalue weighted by atomic mass is 10.00. The molecule has 1 aromatic carbocycles. The van der Waals surface area contributed by atoms with Gasteiger partial charge in [-0.2, -0.15) is 11.3 Å². The van der Waals surface area contributed by atoms with Crippen molar-refractivity contribution < 1.29 is 14.2 Å². The molecular formula is C22H32FIN4O2S. The van der Waals surface area contributed by atoms with Crippen molar-refractivity contribution in [3.8, 4) is 0 Å². The second-order valence-corrected chi connectivity index (χ2v) is 8.36. The number of ether oxygens (including phenoxy) is 1. The molecule has 1 saturated heterocycles. The van der Waals surface area contributed by atoms with Crippen molar-refractivity contribution >= 4 is 41.3 Å². The van der Waals surface area contributed by atoms with Gasteiger partial charge in [-0.3, -0.25) is 4.90 Å². The van der Waals surface area contributed by atoms with Gasteiger partial charge in [-0.05, 0) is 53.9 Å². The molecular weight excluding hydrogens is 530 g/mol. The van der Waals surface area contributed by atoms with E-state index in [-0.39, 0.29) is 42.4 Å². The van der Waals surface area contributed by atoms with Crippen molar-refractivity contribution in [1.82, 2.24) is 15.5 Å². The van der Waals surface area contributed by atoms with Gasteiger partial charge in [0.05, 0.1) is 25.8 Å². The molecule has 3 N–H and O–H groups in total. The summed E-state index contributed by atoms with van der Waals surface area (Å²) in [5.41, 5.74) is 0.889. The van der Waals surface area contributed by atoms with Crippen LogP contribution in [0.2, 0.25) is 0 Å². The van der Waals surface area contributed by atoms with Crippen molar-refractivity contribution in [2.75, 3.05) is 45.9 Å². The molecule has 0 bridgehead atoms. The number of hydrogen-bond acceptors (Lipinski definition) is 5. The quantitative estimate of drug-likeness (QED) is 0.262. The van der Waals surface area contributed by atoms with E-state index >= 15 is 0 Å². The summed E-state index contributed by atoms with van der Waals surface area (Å²) in [6, 6.07) is 8.66. The Morgan fingerprint density at radius 3 is 2.58 bits per heavy atom. The van der Waals surface area contributed by atoms with Crippen LogP contribution in [-0.4, -0.2) is 61.9 Å². The Kier molecular flexibility index (Phi) is 10.6. The maximum absolute atomic E-state index is 13.4. The lowest BCUT2D eigenvalue weighted by Gasteiger charge is -2.35. The molecule has 9 heteroatoms. The Balaban J connectivity index is 0.00000341. The van der Waals surface area contributed by atoms with Crippen LogP contribution in [0.25, 0.3) is 0 Å². The normalized spacial score (nSPS) is 18.0. The molecule has 0 aliphatic carbocycles. The molecule has 1 aliphatic heterocycles. The molecule has 2 heterocycles. The third-order valence-electron chi connectivity index (χ3n) is 5.24. The molecule has 0 amide bonds. The van der Waals surface area contributed by atoms with Crippen LogP contribution in [0, 0.1) is 5.82 Å². The summed E-state index contributed by atoms with van der Waals surface area (Å²) < 4.78 is 18.9. The Labute approximate surface area is 204 Å². The highest BCUT2D eigenvalue weighted by molar-refractivity contribution is 14.0. The molecule has 2 aromatic rings. The van der Waals surface area contributed by atoms with E-state index in [0.29, 0.717) is 32.3 Å². The van der Waals surface area contributed by atoms with Crippen LogP contribution in [0.3, 0.4) is 0 Å². The van der Waals surface area contributed by atoms with Crippen molar-refractivity contribution in [3.05, 3.63) is 58.0 Å². The predicted molar refractivity (Wildman–Crippen MR) is 135 cm³/mol. The highest BCUT2D eigenvalue weighted by Gasteiger charge is 2.25. The maximum atomic E-state index is 13.4. The van der Waals surface area contributed by atoms with Crippen molar-refractivity contribution in [3.63, 3.8) is 0 Å². The number of nitrogens with one attached hydrogen (secondary N) is 2. The van der Waals surface area contributed by atoms with E-state index in [1.807, 2.05) is 35.9 Å². The molecule has 1 aromatic heterocycles. The number of guanidine groups is 1. The first-order valence-corrected chi connectivity index (χ1v) is 11.3. The van der Waals surface area contributed by atoms with E-state index in [2.05, 4.69) is 20.5 Å². The zero-order chi connectivity index (χ0) is 21.4. The summed E-state index contributed by atoms with van der Waals surface area (Å²) in [5.74, 6) is 0.409. The van der Waals surface area contributed by atoms with Crippen molar-refractivity contribution in [1.29, 1.82) is 0 Å². The first kappa shape index (κ1) is 26.0. The van der Waals surface area contributed by atoms with Gasteiger partial charge in [-0.25, -0.2) is 9.38 Å². The number of halogens is 2. The summed E-state index contributed by atoms with van der Waals surface area (Å²) in [6.45, 7) is 8.38. The van der Waals surface area contributed by atoms with Gasteiger partial charge in [0.25, 0.3) is 0 Å². The van der Waals surface area contributed by atoms with Gasteiger partial charge < -0.3 is 20.5 Å². The third-order valence-corrected chi connectivity index (χ3v) is 5.92. The maximum Gasteiger partial charge on any atom is 0.191 e. The minimum atomic E-state index is -1.02. The molecule has 172 valence electrons. The van der Waals surface area contributed by atoms with Gasteiger partial charge in [0.1, 0.15) is 11.4 Å². The van der Waals surface area contributed by atoms with Crippen molar-refractivity contribution in [2.24, 2.45) is 4.99 Å². The molecule has 2 unspecified atom stereocenters. The summed E-state index contributed by atoms with van der Waals surface area (Å²) in [4.78, 5) is 6.95. The fourth-order valence-corrected chi connectivity index (χ4v) is 4.24. The number of thiophene rings is 1. The number of aliphatic imine (C=N–C) groups is 1. The smallest absolute Gasteiger partial charge is 0.191 e. The SMILES string of the molecule is CCNC(=NCC(C)(O)c1ccsc1)NCC(c1ccc(F)cc1)N1CCOCC1.I. The van der Waals surface area contributed by atoms with Gasteiger partial charge in [-0.1, -0.05) is 12.1 Å².